The number of rotatable bonds is 2. The molecule has 5 atom stereocenters. The molecule has 0 aromatic heterocycles. The Morgan fingerprint density at radius 2 is 1.96 bits per heavy atom. The topological polar surface area (TPSA) is 92.7 Å². The number of hydrogen-bond acceptors (Lipinski definition) is 6. The van der Waals surface area contributed by atoms with Crippen molar-refractivity contribution in [2.24, 2.45) is 28.6 Å². The number of oxime groups is 1. The summed E-state index contributed by atoms with van der Waals surface area (Å²) in [5.74, 6) is -0.173. The lowest BCUT2D eigenvalue weighted by molar-refractivity contribution is -0.133. The third-order valence-corrected chi connectivity index (χ3v) is 5.45. The van der Waals surface area contributed by atoms with E-state index in [0.717, 1.165) is 17.0 Å². The Bertz CT molecular complexity index is 968. The maximum Gasteiger partial charge on any atom is 0.276 e. The second-order valence-electron chi connectivity index (χ2n) is 6.97. The Labute approximate surface area is 156 Å². The van der Waals surface area contributed by atoms with Gasteiger partial charge in [0.05, 0.1) is 29.2 Å². The van der Waals surface area contributed by atoms with E-state index in [9.17, 15) is 5.26 Å². The van der Waals surface area contributed by atoms with Gasteiger partial charge in [-0.1, -0.05) is 65.9 Å². The van der Waals surface area contributed by atoms with Gasteiger partial charge in [0.15, 0.2) is 0 Å². The fraction of sp³-hybridized carbons (Fsp3) is 0.238. The van der Waals surface area contributed by atoms with Gasteiger partial charge in [0, 0.05) is 11.6 Å². The zero-order valence-corrected chi connectivity index (χ0v) is 14.4. The minimum Gasteiger partial charge on any atom is -0.436 e. The van der Waals surface area contributed by atoms with Crippen LogP contribution in [0.15, 0.2) is 83.0 Å². The summed E-state index contributed by atoms with van der Waals surface area (Å²) in [6, 6.07) is 12.3. The predicted octanol–water partition coefficient (Wildman–Crippen LogP) is 2.30. The minimum absolute atomic E-state index is 0.108. The summed E-state index contributed by atoms with van der Waals surface area (Å²) in [5, 5.41) is 17.6. The van der Waals surface area contributed by atoms with Gasteiger partial charge in [0.25, 0.3) is 6.29 Å². The molecule has 0 spiro atoms. The molecule has 1 aliphatic carbocycles. The third kappa shape index (κ3) is 2.43. The van der Waals surface area contributed by atoms with E-state index in [1.807, 2.05) is 42.5 Å². The summed E-state index contributed by atoms with van der Waals surface area (Å²) in [5.41, 5.74) is 9.16. The molecule has 5 rings (SSSR count). The summed E-state index contributed by atoms with van der Waals surface area (Å²) >= 11 is 0. The number of hydrogen-bond donors (Lipinski definition) is 2. The number of allylic oxidation sites excluding steroid dienone is 3. The first-order valence-corrected chi connectivity index (χ1v) is 8.95. The molecule has 0 saturated heterocycles. The van der Waals surface area contributed by atoms with Crippen LogP contribution in [0.1, 0.15) is 5.56 Å². The number of nitrogens with one attached hydrogen (secondary N) is 1. The van der Waals surface area contributed by atoms with Crippen LogP contribution < -0.4 is 11.1 Å². The van der Waals surface area contributed by atoms with E-state index in [2.05, 4.69) is 34.8 Å². The Balaban J connectivity index is 1.59. The van der Waals surface area contributed by atoms with E-state index in [1.165, 1.54) is 0 Å². The summed E-state index contributed by atoms with van der Waals surface area (Å²) in [4.78, 5) is 5.55. The van der Waals surface area contributed by atoms with Crippen LogP contribution in [0, 0.1) is 29.1 Å². The molecule has 27 heavy (non-hydrogen) atoms. The van der Waals surface area contributed by atoms with Crippen LogP contribution >= 0.6 is 0 Å². The first-order chi connectivity index (χ1) is 13.3. The molecule has 3 heterocycles. The van der Waals surface area contributed by atoms with Crippen molar-refractivity contribution in [1.29, 1.82) is 5.26 Å². The number of ether oxygens (including phenoxy) is 1. The summed E-state index contributed by atoms with van der Waals surface area (Å²) in [6.45, 7) is 0. The van der Waals surface area contributed by atoms with Crippen molar-refractivity contribution in [3.8, 4) is 6.07 Å². The molecule has 0 radical (unpaired) electrons. The lowest BCUT2D eigenvalue weighted by Gasteiger charge is -2.33. The second kappa shape index (κ2) is 6.06. The van der Waals surface area contributed by atoms with Crippen molar-refractivity contribution in [2.45, 2.75) is 12.3 Å². The molecule has 0 amide bonds. The van der Waals surface area contributed by atoms with Crippen LogP contribution in [0.25, 0.3) is 0 Å². The van der Waals surface area contributed by atoms with Gasteiger partial charge in [0.2, 0.25) is 5.88 Å². The fourth-order valence-electron chi connectivity index (χ4n) is 4.19. The van der Waals surface area contributed by atoms with Crippen molar-refractivity contribution in [2.75, 3.05) is 0 Å². The van der Waals surface area contributed by atoms with Crippen molar-refractivity contribution >= 4 is 5.71 Å². The van der Waals surface area contributed by atoms with E-state index >= 15 is 0 Å². The van der Waals surface area contributed by atoms with Crippen LogP contribution in [0.5, 0.6) is 0 Å². The van der Waals surface area contributed by atoms with Gasteiger partial charge in [-0.2, -0.15) is 5.26 Å². The molecular formula is C21H18N4O2. The number of nitrogens with two attached hydrogens (primary N) is 1. The molecular weight excluding hydrogens is 340 g/mol. The van der Waals surface area contributed by atoms with Crippen LogP contribution in [-0.2, 0) is 9.57 Å². The summed E-state index contributed by atoms with van der Waals surface area (Å²) in [6.07, 6.45) is 9.88. The van der Waals surface area contributed by atoms with Crippen molar-refractivity contribution in [3.05, 3.63) is 83.4 Å². The highest BCUT2D eigenvalue weighted by molar-refractivity contribution is 6.03. The van der Waals surface area contributed by atoms with Crippen LogP contribution in [-0.4, -0.2) is 18.0 Å². The maximum atomic E-state index is 9.80. The van der Waals surface area contributed by atoms with Gasteiger partial charge < -0.3 is 20.6 Å². The molecule has 6 nitrogen and oxygen atoms in total. The van der Waals surface area contributed by atoms with E-state index in [4.69, 9.17) is 15.3 Å². The molecule has 3 N–H and O–H groups in total. The molecule has 0 bridgehead atoms. The Hall–Kier alpha value is -3.46. The van der Waals surface area contributed by atoms with Gasteiger partial charge >= 0.3 is 0 Å². The minimum atomic E-state index is -0.640. The van der Waals surface area contributed by atoms with Gasteiger partial charge in [-0.05, 0) is 5.56 Å². The zero-order chi connectivity index (χ0) is 18.4. The maximum absolute atomic E-state index is 9.80. The lowest BCUT2D eigenvalue weighted by atomic mass is 9.77. The van der Waals surface area contributed by atoms with E-state index in [0.29, 0.717) is 5.57 Å². The Kier molecular flexibility index (Phi) is 3.54. The Morgan fingerprint density at radius 1 is 1.15 bits per heavy atom. The molecule has 6 heteroatoms. The molecule has 0 fully saturated rings. The molecule has 3 aliphatic heterocycles. The first kappa shape index (κ1) is 15.8. The number of nitriles is 1. The quantitative estimate of drug-likeness (QED) is 0.846. The second-order valence-corrected chi connectivity index (χ2v) is 6.97. The predicted molar refractivity (Wildman–Crippen MR) is 99.5 cm³/mol. The molecule has 4 aliphatic rings. The Morgan fingerprint density at radius 3 is 2.74 bits per heavy atom. The molecule has 0 saturated carbocycles. The highest BCUT2D eigenvalue weighted by atomic mass is 16.8. The van der Waals surface area contributed by atoms with Gasteiger partial charge in [0.1, 0.15) is 6.07 Å². The van der Waals surface area contributed by atoms with Crippen molar-refractivity contribution in [3.63, 3.8) is 0 Å². The van der Waals surface area contributed by atoms with Crippen molar-refractivity contribution < 1.29 is 9.57 Å². The lowest BCUT2D eigenvalue weighted by Crippen LogP contribution is -2.43. The van der Waals surface area contributed by atoms with Gasteiger partial charge in [-0.15, -0.1) is 0 Å². The van der Waals surface area contributed by atoms with Crippen LogP contribution in [0.4, 0.5) is 0 Å². The number of nitrogens with zero attached hydrogens (tertiary/aromatic N) is 2. The fourth-order valence-corrected chi connectivity index (χ4v) is 4.19. The van der Waals surface area contributed by atoms with Crippen molar-refractivity contribution in [1.82, 2.24) is 5.32 Å². The number of fused-ring (bicyclic) bond motifs is 2. The van der Waals surface area contributed by atoms with Gasteiger partial charge in [-0.25, -0.2) is 0 Å². The highest BCUT2D eigenvalue weighted by Crippen LogP contribution is 2.44. The molecule has 5 unspecified atom stereocenters. The third-order valence-electron chi connectivity index (χ3n) is 5.45. The normalized spacial score (nSPS) is 33.1. The molecule has 134 valence electrons. The number of benzene rings is 1. The largest absolute Gasteiger partial charge is 0.436 e. The monoisotopic (exact) mass is 358 g/mol. The summed E-state index contributed by atoms with van der Waals surface area (Å²) in [7, 11) is 0. The standard InChI is InChI=1S/C21H18N4O2/c22-11-14-17(16-10-13-8-4-5-9-15(13)24-16)18-19(12-6-2-1-3-7-12)25-27-21(18)26-20(14)23/h1-10,13,15,17-18,21,24H,23H2. The van der Waals surface area contributed by atoms with Crippen LogP contribution in [0.2, 0.25) is 0 Å². The zero-order valence-electron chi connectivity index (χ0n) is 14.4. The molecule has 1 aromatic carbocycles. The molecule has 1 aromatic rings. The van der Waals surface area contributed by atoms with E-state index in [1.54, 1.807) is 0 Å². The highest BCUT2D eigenvalue weighted by Gasteiger charge is 2.50. The van der Waals surface area contributed by atoms with Gasteiger partial charge in [-0.3, -0.25) is 0 Å². The average Bonchev–Trinajstić information content (AvgIpc) is 3.31. The first-order valence-electron chi connectivity index (χ1n) is 8.95. The van der Waals surface area contributed by atoms with Crippen LogP contribution in [0.3, 0.4) is 0 Å². The average molecular weight is 358 g/mol. The SMILES string of the molecule is N#CC1=C(N)OC2ON=C(c3ccccc3)C2C1C1=CC2C=CC=CC2N1. The van der Waals surface area contributed by atoms with E-state index in [-0.39, 0.29) is 29.7 Å². The van der Waals surface area contributed by atoms with E-state index < -0.39 is 6.29 Å². The summed E-state index contributed by atoms with van der Waals surface area (Å²) < 4.78 is 5.69. The smallest absolute Gasteiger partial charge is 0.276 e.